The molecule has 1 aromatic rings. The summed E-state index contributed by atoms with van der Waals surface area (Å²) < 4.78 is 0. The van der Waals surface area contributed by atoms with Crippen LogP contribution in [0.3, 0.4) is 0 Å². The SMILES string of the molecule is O=C(Cc1ccc([N+](=O)[O-])cc1[N+](=O)[O-])NC1CCCC1. The highest BCUT2D eigenvalue weighted by Crippen LogP contribution is 2.25. The van der Waals surface area contributed by atoms with E-state index in [4.69, 9.17) is 0 Å². The molecule has 0 bridgehead atoms. The normalized spacial score (nSPS) is 14.9. The summed E-state index contributed by atoms with van der Waals surface area (Å²) >= 11 is 0. The average molecular weight is 293 g/mol. The van der Waals surface area contributed by atoms with Crippen LogP contribution in [0.25, 0.3) is 0 Å². The molecular weight excluding hydrogens is 278 g/mol. The van der Waals surface area contributed by atoms with Gasteiger partial charge in [0.15, 0.2) is 0 Å². The van der Waals surface area contributed by atoms with Crippen molar-refractivity contribution in [2.45, 2.75) is 38.1 Å². The number of hydrogen-bond acceptors (Lipinski definition) is 5. The Morgan fingerprint density at radius 3 is 2.43 bits per heavy atom. The van der Waals surface area contributed by atoms with Crippen molar-refractivity contribution in [1.29, 1.82) is 0 Å². The average Bonchev–Trinajstić information content (AvgIpc) is 2.91. The van der Waals surface area contributed by atoms with Gasteiger partial charge in [-0.15, -0.1) is 0 Å². The Morgan fingerprint density at radius 1 is 1.19 bits per heavy atom. The van der Waals surface area contributed by atoms with Gasteiger partial charge in [0.2, 0.25) is 5.91 Å². The molecule has 1 fully saturated rings. The summed E-state index contributed by atoms with van der Waals surface area (Å²) in [5.74, 6) is -0.293. The molecule has 8 heteroatoms. The number of nitrogens with one attached hydrogen (secondary N) is 1. The Hall–Kier alpha value is -2.51. The van der Waals surface area contributed by atoms with Crippen LogP contribution in [0.1, 0.15) is 31.2 Å². The van der Waals surface area contributed by atoms with Crippen molar-refractivity contribution in [2.24, 2.45) is 0 Å². The molecule has 0 saturated heterocycles. The topological polar surface area (TPSA) is 115 Å². The lowest BCUT2D eigenvalue weighted by Gasteiger charge is -2.11. The zero-order valence-electron chi connectivity index (χ0n) is 11.3. The number of benzene rings is 1. The second-order valence-corrected chi connectivity index (χ2v) is 5.05. The van der Waals surface area contributed by atoms with Crippen molar-refractivity contribution in [3.63, 3.8) is 0 Å². The van der Waals surface area contributed by atoms with Gasteiger partial charge < -0.3 is 5.32 Å². The zero-order chi connectivity index (χ0) is 15.4. The van der Waals surface area contributed by atoms with E-state index in [0.29, 0.717) is 0 Å². The van der Waals surface area contributed by atoms with E-state index in [1.54, 1.807) is 0 Å². The van der Waals surface area contributed by atoms with E-state index < -0.39 is 15.5 Å². The van der Waals surface area contributed by atoms with Crippen LogP contribution < -0.4 is 5.32 Å². The Balaban J connectivity index is 2.12. The molecule has 21 heavy (non-hydrogen) atoms. The summed E-state index contributed by atoms with van der Waals surface area (Å²) in [6.45, 7) is 0. The van der Waals surface area contributed by atoms with E-state index >= 15 is 0 Å². The summed E-state index contributed by atoms with van der Waals surface area (Å²) in [5.41, 5.74) is -0.575. The van der Waals surface area contributed by atoms with Crippen molar-refractivity contribution in [3.05, 3.63) is 44.0 Å². The van der Waals surface area contributed by atoms with Gasteiger partial charge in [0.1, 0.15) is 0 Å². The fraction of sp³-hybridized carbons (Fsp3) is 0.462. The number of hydrogen-bond donors (Lipinski definition) is 1. The van der Waals surface area contributed by atoms with E-state index in [1.807, 2.05) is 0 Å². The monoisotopic (exact) mass is 293 g/mol. The second-order valence-electron chi connectivity index (χ2n) is 5.05. The van der Waals surface area contributed by atoms with Crippen molar-refractivity contribution < 1.29 is 14.6 Å². The number of amides is 1. The molecule has 0 spiro atoms. The van der Waals surface area contributed by atoms with Gasteiger partial charge in [-0.3, -0.25) is 25.0 Å². The van der Waals surface area contributed by atoms with Crippen LogP contribution >= 0.6 is 0 Å². The molecule has 1 N–H and O–H groups in total. The second kappa shape index (κ2) is 6.29. The largest absolute Gasteiger partial charge is 0.353 e. The number of non-ortho nitro benzene ring substituents is 1. The van der Waals surface area contributed by atoms with Gasteiger partial charge in [-0.1, -0.05) is 12.8 Å². The molecule has 2 rings (SSSR count). The molecule has 0 heterocycles. The molecule has 1 saturated carbocycles. The van der Waals surface area contributed by atoms with Crippen LogP contribution in [-0.2, 0) is 11.2 Å². The third-order valence-corrected chi connectivity index (χ3v) is 3.55. The number of nitrogens with zero attached hydrogens (tertiary/aromatic N) is 2. The molecule has 0 radical (unpaired) electrons. The Labute approximate surface area is 120 Å². The lowest BCUT2D eigenvalue weighted by Crippen LogP contribution is -2.33. The number of carbonyl (C=O) groups is 1. The quantitative estimate of drug-likeness (QED) is 0.659. The highest BCUT2D eigenvalue weighted by atomic mass is 16.6. The Morgan fingerprint density at radius 2 is 1.86 bits per heavy atom. The maximum atomic E-state index is 11.9. The maximum Gasteiger partial charge on any atom is 0.279 e. The molecule has 112 valence electrons. The van der Waals surface area contributed by atoms with Gasteiger partial charge in [0, 0.05) is 17.7 Å². The van der Waals surface area contributed by atoms with Crippen LogP contribution in [0, 0.1) is 20.2 Å². The van der Waals surface area contributed by atoms with Crippen LogP contribution in [0.5, 0.6) is 0 Å². The standard InChI is InChI=1S/C13H15N3O5/c17-13(14-10-3-1-2-4-10)7-9-5-6-11(15(18)19)8-12(9)16(20)21/h5-6,8,10H,1-4,7H2,(H,14,17). The predicted molar refractivity (Wildman–Crippen MR) is 73.9 cm³/mol. The van der Waals surface area contributed by atoms with Crippen molar-refractivity contribution in [3.8, 4) is 0 Å². The molecule has 0 aliphatic heterocycles. The molecule has 1 amide bonds. The van der Waals surface area contributed by atoms with Gasteiger partial charge in [0.25, 0.3) is 11.4 Å². The molecule has 0 aromatic heterocycles. The fourth-order valence-corrected chi connectivity index (χ4v) is 2.51. The van der Waals surface area contributed by atoms with E-state index in [2.05, 4.69) is 5.32 Å². The van der Waals surface area contributed by atoms with E-state index in [0.717, 1.165) is 31.7 Å². The Bertz CT molecular complexity index is 581. The van der Waals surface area contributed by atoms with Gasteiger partial charge in [0.05, 0.1) is 22.3 Å². The van der Waals surface area contributed by atoms with Crippen LogP contribution in [0.4, 0.5) is 11.4 Å². The van der Waals surface area contributed by atoms with E-state index in [-0.39, 0.29) is 29.6 Å². The number of nitro benzene ring substituents is 2. The first kappa shape index (κ1) is 14.9. The van der Waals surface area contributed by atoms with E-state index in [1.165, 1.54) is 12.1 Å². The molecule has 0 unspecified atom stereocenters. The molecule has 8 nitrogen and oxygen atoms in total. The van der Waals surface area contributed by atoms with Crippen LogP contribution in [0.15, 0.2) is 18.2 Å². The van der Waals surface area contributed by atoms with Gasteiger partial charge in [-0.2, -0.15) is 0 Å². The van der Waals surface area contributed by atoms with Crippen molar-refractivity contribution in [1.82, 2.24) is 5.32 Å². The number of rotatable bonds is 5. The minimum Gasteiger partial charge on any atom is -0.353 e. The fourth-order valence-electron chi connectivity index (χ4n) is 2.51. The van der Waals surface area contributed by atoms with Gasteiger partial charge in [-0.25, -0.2) is 0 Å². The first-order valence-corrected chi connectivity index (χ1v) is 6.68. The summed E-state index contributed by atoms with van der Waals surface area (Å²) in [6.07, 6.45) is 3.85. The minimum absolute atomic E-state index is 0.134. The van der Waals surface area contributed by atoms with Crippen LogP contribution in [0.2, 0.25) is 0 Å². The highest BCUT2D eigenvalue weighted by Gasteiger charge is 2.23. The summed E-state index contributed by atoms with van der Waals surface area (Å²) in [7, 11) is 0. The maximum absolute atomic E-state index is 11.9. The summed E-state index contributed by atoms with van der Waals surface area (Å²) in [6, 6.07) is 3.46. The number of nitro groups is 2. The molecule has 0 atom stereocenters. The lowest BCUT2D eigenvalue weighted by atomic mass is 10.1. The molecule has 1 aromatic carbocycles. The molecule has 1 aliphatic rings. The van der Waals surface area contributed by atoms with Crippen LogP contribution in [-0.4, -0.2) is 21.8 Å². The predicted octanol–water partition coefficient (Wildman–Crippen LogP) is 2.10. The van der Waals surface area contributed by atoms with Gasteiger partial charge in [-0.05, 0) is 18.9 Å². The van der Waals surface area contributed by atoms with Gasteiger partial charge >= 0.3 is 0 Å². The lowest BCUT2D eigenvalue weighted by molar-refractivity contribution is -0.394. The zero-order valence-corrected chi connectivity index (χ0v) is 11.3. The first-order valence-electron chi connectivity index (χ1n) is 6.68. The smallest absolute Gasteiger partial charge is 0.279 e. The highest BCUT2D eigenvalue weighted by molar-refractivity contribution is 5.80. The first-order chi connectivity index (χ1) is 9.97. The molecule has 1 aliphatic carbocycles. The van der Waals surface area contributed by atoms with E-state index in [9.17, 15) is 25.0 Å². The minimum atomic E-state index is -0.703. The number of carbonyl (C=O) groups excluding carboxylic acids is 1. The third kappa shape index (κ3) is 3.74. The Kier molecular flexibility index (Phi) is 4.46. The molecular formula is C13H15N3O5. The van der Waals surface area contributed by atoms with Crippen molar-refractivity contribution in [2.75, 3.05) is 0 Å². The summed E-state index contributed by atoms with van der Waals surface area (Å²) in [5, 5.41) is 24.5. The summed E-state index contributed by atoms with van der Waals surface area (Å²) in [4.78, 5) is 32.1. The third-order valence-electron chi connectivity index (χ3n) is 3.55. The van der Waals surface area contributed by atoms with Crippen molar-refractivity contribution >= 4 is 17.3 Å².